The fourth-order valence-electron chi connectivity index (χ4n) is 2.75. The van der Waals surface area contributed by atoms with E-state index in [-0.39, 0.29) is 4.48 Å². The van der Waals surface area contributed by atoms with Gasteiger partial charge in [-0.1, -0.05) is 77.4 Å². The minimum atomic E-state index is -0.469. The van der Waals surface area contributed by atoms with Crippen LogP contribution in [0, 0.1) is 0 Å². The molecule has 0 spiro atoms. The zero-order chi connectivity index (χ0) is 18.5. The molecule has 2 nitrogen and oxygen atoms in total. The van der Waals surface area contributed by atoms with E-state index >= 15 is 0 Å². The highest BCUT2D eigenvalue weighted by atomic mass is 79.9. The molecule has 0 fully saturated rings. The maximum atomic E-state index is 11.5. The molecule has 25 heavy (non-hydrogen) atoms. The van der Waals surface area contributed by atoms with Crippen LogP contribution in [-0.4, -0.2) is 5.97 Å². The van der Waals surface area contributed by atoms with Gasteiger partial charge in [-0.15, -0.1) is 0 Å². The van der Waals surface area contributed by atoms with E-state index in [1.165, 1.54) is 69.8 Å². The Labute approximate surface area is 169 Å². The fourth-order valence-corrected chi connectivity index (χ4v) is 3.34. The Bertz CT molecular complexity index is 541. The minimum Gasteiger partial charge on any atom is -0.421 e. The van der Waals surface area contributed by atoms with Crippen molar-refractivity contribution in [2.45, 2.75) is 77.6 Å². The summed E-state index contributed by atoms with van der Waals surface area (Å²) < 4.78 is 6.26. The highest BCUT2D eigenvalue weighted by molar-refractivity contribution is 9.12. The highest BCUT2D eigenvalue weighted by Crippen LogP contribution is 2.27. The average molecular weight is 474 g/mol. The van der Waals surface area contributed by atoms with E-state index in [0.717, 1.165) is 10.9 Å². The lowest BCUT2D eigenvalue weighted by Crippen LogP contribution is -2.07. The highest BCUT2D eigenvalue weighted by Gasteiger charge is 2.10. The van der Waals surface area contributed by atoms with Crippen LogP contribution < -0.4 is 4.74 Å². The predicted octanol–water partition coefficient (Wildman–Crippen LogP) is 7.73. The summed E-state index contributed by atoms with van der Waals surface area (Å²) in [6.07, 6.45) is 14.5. The zero-order valence-corrected chi connectivity index (χ0v) is 18.5. The Balaban J connectivity index is 2.18. The molecular formula is C21H30Br2O2. The fraction of sp³-hybridized carbons (Fsp3) is 0.571. The second-order valence-electron chi connectivity index (χ2n) is 6.49. The number of benzene rings is 1. The molecule has 0 unspecified atom stereocenters. The molecule has 0 aliphatic carbocycles. The number of rotatable bonds is 13. The van der Waals surface area contributed by atoms with Crippen LogP contribution in [0.25, 0.3) is 0 Å². The summed E-state index contributed by atoms with van der Waals surface area (Å²) in [7, 11) is 0. The van der Waals surface area contributed by atoms with Gasteiger partial charge in [0.1, 0.15) is 5.75 Å². The zero-order valence-electron chi connectivity index (χ0n) is 15.3. The molecule has 0 aromatic heterocycles. The van der Waals surface area contributed by atoms with Crippen LogP contribution in [0.5, 0.6) is 5.75 Å². The number of hydrogen-bond acceptors (Lipinski definition) is 2. The molecule has 1 aromatic carbocycles. The maximum Gasteiger partial charge on any atom is 0.350 e. The summed E-state index contributed by atoms with van der Waals surface area (Å²) in [5.41, 5.74) is 1.27. The monoisotopic (exact) mass is 472 g/mol. The third kappa shape index (κ3) is 10.2. The lowest BCUT2D eigenvalue weighted by Gasteiger charge is -2.08. The molecule has 0 N–H and O–H groups in total. The van der Waals surface area contributed by atoms with Gasteiger partial charge >= 0.3 is 5.97 Å². The Hall–Kier alpha value is -0.610. The largest absolute Gasteiger partial charge is 0.421 e. The molecule has 0 amide bonds. The van der Waals surface area contributed by atoms with Gasteiger partial charge in [0.15, 0.2) is 0 Å². The topological polar surface area (TPSA) is 26.3 Å². The van der Waals surface area contributed by atoms with Crippen LogP contribution in [0.2, 0.25) is 0 Å². The third-order valence-electron chi connectivity index (χ3n) is 4.24. The number of halogens is 2. The van der Waals surface area contributed by atoms with Gasteiger partial charge in [0.25, 0.3) is 0 Å². The van der Waals surface area contributed by atoms with Crippen molar-refractivity contribution in [3.63, 3.8) is 0 Å². The molecule has 0 bridgehead atoms. The van der Waals surface area contributed by atoms with E-state index in [1.54, 1.807) is 0 Å². The van der Waals surface area contributed by atoms with Crippen LogP contribution in [0.3, 0.4) is 0 Å². The van der Waals surface area contributed by atoms with Gasteiger partial charge in [-0.25, -0.2) is 4.79 Å². The number of hydrogen-bond donors (Lipinski definition) is 0. The molecule has 1 aromatic rings. The Kier molecular flexibility index (Phi) is 12.2. The standard InChI is InChI=1S/C21H30Br2O2/c1-3-4-5-6-7-8-9-10-11-12-13-18-14-15-20(19(23)16-18)25-21(24)17(2)22/h14-16H,2-13H2,1H3. The second-order valence-corrected chi connectivity index (χ2v) is 8.30. The van der Waals surface area contributed by atoms with E-state index in [9.17, 15) is 4.79 Å². The average Bonchev–Trinajstić information content (AvgIpc) is 2.58. The molecule has 0 aliphatic heterocycles. The van der Waals surface area contributed by atoms with E-state index in [4.69, 9.17) is 4.74 Å². The lowest BCUT2D eigenvalue weighted by molar-refractivity contribution is -0.129. The number of esters is 1. The van der Waals surface area contributed by atoms with Crippen molar-refractivity contribution in [2.24, 2.45) is 0 Å². The first-order chi connectivity index (χ1) is 12.0. The van der Waals surface area contributed by atoms with Crippen LogP contribution >= 0.6 is 31.9 Å². The first kappa shape index (κ1) is 22.4. The van der Waals surface area contributed by atoms with Gasteiger partial charge in [0.2, 0.25) is 0 Å². The minimum absolute atomic E-state index is 0.217. The van der Waals surface area contributed by atoms with E-state index in [0.29, 0.717) is 5.75 Å². The molecule has 0 heterocycles. The van der Waals surface area contributed by atoms with Gasteiger partial charge in [-0.3, -0.25) is 0 Å². The van der Waals surface area contributed by atoms with Gasteiger partial charge in [0, 0.05) is 0 Å². The van der Waals surface area contributed by atoms with Crippen molar-refractivity contribution in [1.29, 1.82) is 0 Å². The summed E-state index contributed by atoms with van der Waals surface area (Å²) in [5, 5.41) is 0. The Morgan fingerprint density at radius 3 is 2.08 bits per heavy atom. The normalized spacial score (nSPS) is 10.7. The van der Waals surface area contributed by atoms with Crippen molar-refractivity contribution >= 4 is 37.8 Å². The Morgan fingerprint density at radius 1 is 1.00 bits per heavy atom. The lowest BCUT2D eigenvalue weighted by atomic mass is 10.0. The summed E-state index contributed by atoms with van der Waals surface area (Å²) in [5.74, 6) is 0.0561. The van der Waals surface area contributed by atoms with Crippen LogP contribution in [-0.2, 0) is 11.2 Å². The second kappa shape index (κ2) is 13.6. The molecule has 0 atom stereocenters. The van der Waals surface area contributed by atoms with E-state index in [2.05, 4.69) is 45.4 Å². The van der Waals surface area contributed by atoms with Gasteiger partial charge < -0.3 is 4.74 Å². The molecule has 0 aliphatic rings. The van der Waals surface area contributed by atoms with E-state index in [1.807, 2.05) is 18.2 Å². The smallest absolute Gasteiger partial charge is 0.350 e. The molecule has 1 rings (SSSR count). The summed E-state index contributed by atoms with van der Waals surface area (Å²) in [6, 6.07) is 5.90. The van der Waals surface area contributed by atoms with Gasteiger partial charge in [0.05, 0.1) is 8.96 Å². The third-order valence-corrected chi connectivity index (χ3v) is 5.18. The quantitative estimate of drug-likeness (QED) is 0.127. The Morgan fingerprint density at radius 2 is 1.56 bits per heavy atom. The molecule has 0 saturated carbocycles. The van der Waals surface area contributed by atoms with Crippen LogP contribution in [0.4, 0.5) is 0 Å². The summed E-state index contributed by atoms with van der Waals surface area (Å²) in [6.45, 7) is 5.78. The van der Waals surface area contributed by atoms with Crippen molar-refractivity contribution < 1.29 is 9.53 Å². The SMILES string of the molecule is C=C(Br)C(=O)Oc1ccc(CCCCCCCCCCCC)cc1Br. The summed E-state index contributed by atoms with van der Waals surface area (Å²) in [4.78, 5) is 11.5. The van der Waals surface area contributed by atoms with Crippen molar-refractivity contribution in [3.05, 3.63) is 39.3 Å². The summed E-state index contributed by atoms with van der Waals surface area (Å²) >= 11 is 6.50. The molecule has 0 radical (unpaired) electrons. The van der Waals surface area contributed by atoms with Crippen LogP contribution in [0.15, 0.2) is 33.7 Å². The van der Waals surface area contributed by atoms with Crippen LogP contribution in [0.1, 0.15) is 76.7 Å². The number of carbonyl (C=O) groups is 1. The number of ether oxygens (including phenoxy) is 1. The van der Waals surface area contributed by atoms with Crippen molar-refractivity contribution in [3.8, 4) is 5.75 Å². The molecule has 4 heteroatoms. The molecular weight excluding hydrogens is 444 g/mol. The van der Waals surface area contributed by atoms with Gasteiger partial charge in [-0.2, -0.15) is 0 Å². The number of carbonyl (C=O) groups excluding carboxylic acids is 1. The first-order valence-electron chi connectivity index (χ1n) is 9.39. The van der Waals surface area contributed by atoms with E-state index < -0.39 is 5.97 Å². The maximum absolute atomic E-state index is 11.5. The predicted molar refractivity (Wildman–Crippen MR) is 113 cm³/mol. The molecule has 0 saturated heterocycles. The first-order valence-corrected chi connectivity index (χ1v) is 11.0. The number of unbranched alkanes of at least 4 members (excludes halogenated alkanes) is 9. The van der Waals surface area contributed by atoms with Gasteiger partial charge in [-0.05, 0) is 62.4 Å². The van der Waals surface area contributed by atoms with Crippen molar-refractivity contribution in [1.82, 2.24) is 0 Å². The van der Waals surface area contributed by atoms with Crippen molar-refractivity contribution in [2.75, 3.05) is 0 Å². The number of aryl methyl sites for hydroxylation is 1. The molecule has 140 valence electrons.